The summed E-state index contributed by atoms with van der Waals surface area (Å²) in [6.07, 6.45) is 0. The second-order valence-corrected chi connectivity index (χ2v) is 4.67. The van der Waals surface area contributed by atoms with Gasteiger partial charge in [-0.1, -0.05) is 0 Å². The average molecular weight is 292 g/mol. The molecule has 6 nitrogen and oxygen atoms in total. The Kier molecular flexibility index (Phi) is 2.88. The molecule has 0 unspecified atom stereocenters. The molecule has 1 aromatic carbocycles. The molecule has 4 rings (SSSR count). The summed E-state index contributed by atoms with van der Waals surface area (Å²) in [6.45, 7) is 0.0323. The monoisotopic (exact) mass is 292 g/mol. The third kappa shape index (κ3) is 2.40. The average Bonchev–Trinajstić information content (AvgIpc) is 2.33. The van der Waals surface area contributed by atoms with Crippen LogP contribution in [0.3, 0.4) is 0 Å². The number of rotatable bonds is 1. The number of hydrogen-bond donors (Lipinski definition) is 2. The topological polar surface area (TPSA) is 74.0 Å². The number of aromatic nitrogens is 3. The lowest BCUT2D eigenvalue weighted by molar-refractivity contribution is -0.132. The summed E-state index contributed by atoms with van der Waals surface area (Å²) < 4.78 is 5.74. The predicted octanol–water partition coefficient (Wildman–Crippen LogP) is 2.25. The maximum absolute atomic E-state index is 11.7. The Bertz CT molecular complexity index is 722. The standard InChI is InChI=1S/C11H8N4O2S2/c16-8-5-15(6-1-3-7(17-8)4-2-6)9-12-10(18)14-11(19)13-9/h1-4H,5H2,(H2,12,13,14,18,19). The van der Waals surface area contributed by atoms with E-state index in [0.717, 1.165) is 5.69 Å². The van der Waals surface area contributed by atoms with Crippen LogP contribution in [0.2, 0.25) is 0 Å². The van der Waals surface area contributed by atoms with Crippen molar-refractivity contribution in [1.82, 2.24) is 15.0 Å². The molecule has 0 atom stereocenters. The van der Waals surface area contributed by atoms with Gasteiger partial charge in [-0.15, -0.1) is 0 Å². The number of H-pyrrole nitrogens is 2. The molecule has 19 heavy (non-hydrogen) atoms. The van der Waals surface area contributed by atoms with E-state index in [2.05, 4.69) is 15.0 Å². The van der Waals surface area contributed by atoms with E-state index in [4.69, 9.17) is 29.2 Å². The molecule has 0 aliphatic carbocycles. The number of anilines is 2. The quantitative estimate of drug-likeness (QED) is 0.477. The van der Waals surface area contributed by atoms with Gasteiger partial charge in [-0.25, -0.2) is 4.79 Å². The van der Waals surface area contributed by atoms with Crippen LogP contribution >= 0.6 is 24.4 Å². The SMILES string of the molecule is O=C1CN(c2nc(=S)[nH]c(=S)[nH]2)c2ccc(cc2)O1. The van der Waals surface area contributed by atoms with Gasteiger partial charge in [-0.3, -0.25) is 0 Å². The smallest absolute Gasteiger partial charge is 0.331 e. The fourth-order valence-corrected chi connectivity index (χ4v) is 2.23. The number of carbonyl (C=O) groups is 1. The Hall–Kier alpha value is -2.06. The summed E-state index contributed by atoms with van der Waals surface area (Å²) in [5.74, 6) is 0.557. The van der Waals surface area contributed by atoms with Gasteiger partial charge in [-0.05, 0) is 48.7 Å². The van der Waals surface area contributed by atoms with Gasteiger partial charge in [0.05, 0.1) is 0 Å². The van der Waals surface area contributed by atoms with Gasteiger partial charge in [0.15, 0.2) is 4.77 Å². The van der Waals surface area contributed by atoms with Crippen molar-refractivity contribution in [2.24, 2.45) is 0 Å². The molecule has 1 aromatic heterocycles. The molecule has 2 bridgehead atoms. The highest BCUT2D eigenvalue weighted by Gasteiger charge is 2.20. The molecule has 0 amide bonds. The van der Waals surface area contributed by atoms with E-state index in [1.807, 2.05) is 12.1 Å². The zero-order valence-corrected chi connectivity index (χ0v) is 11.2. The normalized spacial score (nSPS) is 13.9. The van der Waals surface area contributed by atoms with Gasteiger partial charge in [0.2, 0.25) is 10.7 Å². The second kappa shape index (κ2) is 4.56. The van der Waals surface area contributed by atoms with E-state index in [-0.39, 0.29) is 17.3 Å². The molecule has 2 N–H and O–H groups in total. The van der Waals surface area contributed by atoms with Crippen LogP contribution < -0.4 is 9.64 Å². The molecule has 0 radical (unpaired) electrons. The van der Waals surface area contributed by atoms with E-state index < -0.39 is 0 Å². The summed E-state index contributed by atoms with van der Waals surface area (Å²) in [5.41, 5.74) is 0.805. The Labute approximate surface area is 118 Å². The molecule has 0 saturated heterocycles. The fourth-order valence-electron chi connectivity index (χ4n) is 1.79. The van der Waals surface area contributed by atoms with E-state index in [1.165, 1.54) is 0 Å². The molecule has 2 aliphatic heterocycles. The van der Waals surface area contributed by atoms with Crippen LogP contribution in [-0.4, -0.2) is 27.5 Å². The Morgan fingerprint density at radius 2 is 1.95 bits per heavy atom. The van der Waals surface area contributed by atoms with Crippen molar-refractivity contribution in [3.8, 4) is 5.75 Å². The lowest BCUT2D eigenvalue weighted by Crippen LogP contribution is -2.31. The lowest BCUT2D eigenvalue weighted by atomic mass is 10.2. The summed E-state index contributed by atoms with van der Waals surface area (Å²) in [4.78, 5) is 23.1. The van der Waals surface area contributed by atoms with Crippen molar-refractivity contribution in [3.05, 3.63) is 33.8 Å². The van der Waals surface area contributed by atoms with Gasteiger partial charge in [0, 0.05) is 5.69 Å². The molecule has 2 aromatic rings. The minimum absolute atomic E-state index is 0.0323. The summed E-state index contributed by atoms with van der Waals surface area (Å²) in [7, 11) is 0. The van der Waals surface area contributed by atoms with Crippen LogP contribution in [0.1, 0.15) is 0 Å². The van der Waals surface area contributed by atoms with Crippen LogP contribution in [0.25, 0.3) is 0 Å². The van der Waals surface area contributed by atoms with E-state index in [1.54, 1.807) is 17.0 Å². The molecule has 3 heterocycles. The number of carbonyl (C=O) groups excluding carboxylic acids is 1. The molecule has 8 heteroatoms. The van der Waals surface area contributed by atoms with Crippen molar-refractivity contribution in [2.45, 2.75) is 0 Å². The molecule has 2 aliphatic rings. The minimum Gasteiger partial charge on any atom is -0.425 e. The van der Waals surface area contributed by atoms with Crippen LogP contribution in [0.5, 0.6) is 5.75 Å². The minimum atomic E-state index is -0.374. The Morgan fingerprint density at radius 1 is 1.21 bits per heavy atom. The first-order valence-electron chi connectivity index (χ1n) is 5.41. The van der Waals surface area contributed by atoms with Crippen molar-refractivity contribution in [1.29, 1.82) is 0 Å². The first kappa shape index (κ1) is 12.0. The number of hydrogen-bond acceptors (Lipinski definition) is 6. The summed E-state index contributed by atoms with van der Waals surface area (Å²) in [5, 5.41) is 0. The van der Waals surface area contributed by atoms with Crippen LogP contribution in [0, 0.1) is 9.54 Å². The highest BCUT2D eigenvalue weighted by molar-refractivity contribution is 7.71. The number of fused-ring (bicyclic) bond motifs is 5. The van der Waals surface area contributed by atoms with E-state index >= 15 is 0 Å². The number of esters is 1. The largest absolute Gasteiger partial charge is 0.425 e. The highest BCUT2D eigenvalue weighted by Crippen LogP contribution is 2.26. The van der Waals surface area contributed by atoms with Gasteiger partial charge in [-0.2, -0.15) is 4.98 Å². The number of benzene rings is 1. The van der Waals surface area contributed by atoms with Crippen LogP contribution in [0.4, 0.5) is 11.6 Å². The maximum atomic E-state index is 11.7. The zero-order chi connectivity index (χ0) is 13.4. The van der Waals surface area contributed by atoms with Crippen LogP contribution in [0.15, 0.2) is 24.3 Å². The van der Waals surface area contributed by atoms with E-state index in [0.29, 0.717) is 16.5 Å². The van der Waals surface area contributed by atoms with Crippen molar-refractivity contribution < 1.29 is 9.53 Å². The third-order valence-corrected chi connectivity index (χ3v) is 2.97. The third-order valence-electron chi connectivity index (χ3n) is 2.58. The Morgan fingerprint density at radius 3 is 2.63 bits per heavy atom. The zero-order valence-electron chi connectivity index (χ0n) is 9.54. The first-order chi connectivity index (χ1) is 9.11. The molecule has 0 fully saturated rings. The maximum Gasteiger partial charge on any atom is 0.331 e. The fraction of sp³-hybridized carbons (Fsp3) is 0.0909. The van der Waals surface area contributed by atoms with Crippen molar-refractivity contribution in [3.63, 3.8) is 0 Å². The molecular formula is C11H8N4O2S2. The van der Waals surface area contributed by atoms with Gasteiger partial charge < -0.3 is 19.6 Å². The Balaban J connectivity index is 2.15. The van der Waals surface area contributed by atoms with E-state index in [9.17, 15) is 4.79 Å². The van der Waals surface area contributed by atoms with Gasteiger partial charge in [0.25, 0.3) is 0 Å². The van der Waals surface area contributed by atoms with Gasteiger partial charge in [0.1, 0.15) is 12.3 Å². The first-order valence-corrected chi connectivity index (χ1v) is 6.22. The number of ether oxygens (including phenoxy) is 1. The number of aromatic amines is 2. The van der Waals surface area contributed by atoms with Crippen molar-refractivity contribution in [2.75, 3.05) is 11.4 Å². The molecule has 0 spiro atoms. The van der Waals surface area contributed by atoms with Crippen molar-refractivity contribution >= 4 is 42.0 Å². The second-order valence-electron chi connectivity index (χ2n) is 3.87. The summed E-state index contributed by atoms with van der Waals surface area (Å²) >= 11 is 10.0. The summed E-state index contributed by atoms with van der Waals surface area (Å²) in [6, 6.07) is 7.11. The number of nitrogens with one attached hydrogen (secondary N) is 2. The molecule has 0 saturated carbocycles. The number of nitrogens with zero attached hydrogens (tertiary/aromatic N) is 2. The predicted molar refractivity (Wildman–Crippen MR) is 73.7 cm³/mol. The van der Waals surface area contributed by atoms with Gasteiger partial charge >= 0.3 is 5.97 Å². The van der Waals surface area contributed by atoms with Crippen LogP contribution in [-0.2, 0) is 4.79 Å². The highest BCUT2D eigenvalue weighted by atomic mass is 32.1. The molecular weight excluding hydrogens is 284 g/mol. The lowest BCUT2D eigenvalue weighted by Gasteiger charge is -2.24. The molecule has 96 valence electrons.